The van der Waals surface area contributed by atoms with Crippen LogP contribution in [0.1, 0.15) is 6.92 Å². The first-order chi connectivity index (χ1) is 3.81. The van der Waals surface area contributed by atoms with Gasteiger partial charge in [0.2, 0.25) is 0 Å². The maximum Gasteiger partial charge on any atom is 0.100 e. The van der Waals surface area contributed by atoms with Crippen LogP contribution in [0, 0.1) is 40.8 Å². The quantitative estimate of drug-likeness (QED) is 0.676. The topological polar surface area (TPSA) is 49.7 Å². The molecule has 3 nitrogen and oxygen atoms in total. The molecule has 0 spiro atoms. The van der Waals surface area contributed by atoms with Crippen LogP contribution in [0.25, 0.3) is 0 Å². The van der Waals surface area contributed by atoms with E-state index in [2.05, 4.69) is 0 Å². The summed E-state index contributed by atoms with van der Waals surface area (Å²) in [6.07, 6.45) is -0.713. The monoisotopic (exact) mass is 326 g/mol. The summed E-state index contributed by atoms with van der Waals surface area (Å²) in [5.41, 5.74) is 0. The zero-order valence-electron chi connectivity index (χ0n) is 6.21. The van der Waals surface area contributed by atoms with Gasteiger partial charge >= 0.3 is 0 Å². The van der Waals surface area contributed by atoms with Crippen LogP contribution in [-0.2, 0) is 24.2 Å². The Labute approximate surface area is 107 Å². The van der Waals surface area contributed by atoms with E-state index in [0.717, 1.165) is 0 Å². The van der Waals surface area contributed by atoms with Gasteiger partial charge in [-0.3, -0.25) is 0 Å². The van der Waals surface area contributed by atoms with E-state index in [1.54, 1.807) is 0 Å². The first kappa shape index (κ1) is 17.8. The smallest absolute Gasteiger partial charge is 0.100 e. The Bertz CT molecular complexity index is 56.2. The van der Waals surface area contributed by atoms with Crippen LogP contribution < -0.4 is 0 Å². The molecule has 0 amide bonds. The molecule has 56 valence electrons. The molecule has 0 bridgehead atoms. The van der Waals surface area contributed by atoms with E-state index in [1.807, 2.05) is 6.92 Å². The average molecular weight is 330 g/mol. The largest absolute Gasteiger partial charge is 0.394 e. The Hall–Kier alpha value is 1.85. The van der Waals surface area contributed by atoms with Crippen LogP contribution in [0.3, 0.4) is 0 Å². The molecule has 0 fully saturated rings. The predicted molar refractivity (Wildman–Crippen MR) is 29.6 cm³/mol. The predicted octanol–water partition coefficient (Wildman–Crippen LogP) is -0.626. The second-order valence-corrected chi connectivity index (χ2v) is 1.50. The fourth-order valence-electron chi connectivity index (χ4n) is 0.307. The Kier molecular flexibility index (Phi) is 23.9. The summed E-state index contributed by atoms with van der Waals surface area (Å²) in [5.74, 6) is 0. The summed E-state index contributed by atoms with van der Waals surface area (Å²) in [6, 6.07) is 0. The molecule has 0 saturated heterocycles. The third-order valence-electron chi connectivity index (χ3n) is 0.725. The maximum atomic E-state index is 8.61. The second kappa shape index (κ2) is 13.4. The van der Waals surface area contributed by atoms with Crippen LogP contribution >= 0.6 is 0 Å². The van der Waals surface area contributed by atoms with Crippen LogP contribution in [0.4, 0.5) is 0 Å². The number of aliphatic hydroxyl groups is 2. The van der Waals surface area contributed by atoms with Gasteiger partial charge < -0.3 is 14.9 Å². The van der Waals surface area contributed by atoms with Gasteiger partial charge in [0.15, 0.2) is 0 Å². The molecular formula is C5H12NdO3Zn. The first-order valence-corrected chi connectivity index (χ1v) is 2.68. The molecule has 2 N–H and O–H groups in total. The van der Waals surface area contributed by atoms with E-state index in [1.165, 1.54) is 0 Å². The minimum atomic E-state index is -0.713. The van der Waals surface area contributed by atoms with Crippen molar-refractivity contribution in [2.24, 2.45) is 0 Å². The molecular weight excluding hydrogens is 318 g/mol. The Morgan fingerprint density at radius 2 is 2.00 bits per heavy atom. The summed E-state index contributed by atoms with van der Waals surface area (Å²) >= 11 is 0. The van der Waals surface area contributed by atoms with Crippen molar-refractivity contribution in [3.8, 4) is 0 Å². The fourth-order valence-corrected chi connectivity index (χ4v) is 0.307. The van der Waals surface area contributed by atoms with E-state index in [0.29, 0.717) is 6.61 Å². The van der Waals surface area contributed by atoms with Gasteiger partial charge in [-0.25, -0.2) is 0 Å². The van der Waals surface area contributed by atoms with Gasteiger partial charge in [-0.15, -0.1) is 0 Å². The minimum Gasteiger partial charge on any atom is -0.394 e. The molecule has 0 aromatic carbocycles. The summed E-state index contributed by atoms with van der Waals surface area (Å²) in [5, 5.41) is 16.8. The first-order valence-electron chi connectivity index (χ1n) is 2.68. The third kappa shape index (κ3) is 12.5. The molecule has 0 aromatic heterocycles. The van der Waals surface area contributed by atoms with Crippen molar-refractivity contribution in [2.75, 3.05) is 19.8 Å². The molecule has 0 heterocycles. The molecule has 1 atom stereocenters. The van der Waals surface area contributed by atoms with Crippen molar-refractivity contribution < 1.29 is 75.3 Å². The second-order valence-electron chi connectivity index (χ2n) is 1.50. The van der Waals surface area contributed by atoms with Crippen molar-refractivity contribution in [1.82, 2.24) is 0 Å². The Morgan fingerprint density at radius 1 is 1.50 bits per heavy atom. The number of aliphatic hydroxyl groups excluding tert-OH is 2. The van der Waals surface area contributed by atoms with E-state index < -0.39 is 6.10 Å². The van der Waals surface area contributed by atoms with E-state index in [-0.39, 0.29) is 73.5 Å². The van der Waals surface area contributed by atoms with E-state index in [9.17, 15) is 0 Å². The summed E-state index contributed by atoms with van der Waals surface area (Å²) in [6.45, 7) is 2.42. The Balaban J connectivity index is -0.000000245. The fraction of sp³-hybridized carbons (Fsp3) is 1.00. The number of ether oxygens (including phenoxy) is 1. The molecule has 0 saturated carbocycles. The number of hydrogen-bond donors (Lipinski definition) is 2. The van der Waals surface area contributed by atoms with Crippen molar-refractivity contribution in [1.29, 1.82) is 0 Å². The van der Waals surface area contributed by atoms with Gasteiger partial charge in [0.1, 0.15) is 6.10 Å². The SMILES string of the molecule is CCOCC(O)CO.[Nd].[Zn]. The van der Waals surface area contributed by atoms with Gasteiger partial charge in [0, 0.05) is 66.9 Å². The standard InChI is InChI=1S/C5H12O3.Nd.Zn/c1-2-8-4-5(7)3-6;;/h5-7H,2-4H2,1H3;;. The molecule has 0 aliphatic rings. The zero-order valence-corrected chi connectivity index (χ0v) is 12.4. The van der Waals surface area contributed by atoms with Crippen molar-refractivity contribution in [3.05, 3.63) is 0 Å². The molecule has 0 radical (unpaired) electrons. The molecule has 0 aliphatic heterocycles. The van der Waals surface area contributed by atoms with Crippen LogP contribution in [0.2, 0.25) is 0 Å². The van der Waals surface area contributed by atoms with Crippen LogP contribution in [-0.4, -0.2) is 36.1 Å². The maximum absolute atomic E-state index is 8.61. The van der Waals surface area contributed by atoms with Crippen molar-refractivity contribution in [2.45, 2.75) is 13.0 Å². The average Bonchev–Trinajstić information content (AvgIpc) is 1.83. The number of hydrogen-bond acceptors (Lipinski definition) is 3. The molecule has 0 aliphatic carbocycles. The van der Waals surface area contributed by atoms with Crippen LogP contribution in [0.5, 0.6) is 0 Å². The Morgan fingerprint density at radius 3 is 2.30 bits per heavy atom. The van der Waals surface area contributed by atoms with E-state index >= 15 is 0 Å². The third-order valence-corrected chi connectivity index (χ3v) is 0.725. The van der Waals surface area contributed by atoms with E-state index in [4.69, 9.17) is 14.9 Å². The molecule has 0 rings (SSSR count). The van der Waals surface area contributed by atoms with Crippen molar-refractivity contribution >= 4 is 0 Å². The van der Waals surface area contributed by atoms with Gasteiger partial charge in [-0.1, -0.05) is 0 Å². The zero-order chi connectivity index (χ0) is 6.41. The summed E-state index contributed by atoms with van der Waals surface area (Å²) in [4.78, 5) is 0. The molecule has 1 unspecified atom stereocenters. The van der Waals surface area contributed by atoms with Gasteiger partial charge in [-0.05, 0) is 6.92 Å². The van der Waals surface area contributed by atoms with Gasteiger partial charge in [0.05, 0.1) is 13.2 Å². The number of rotatable bonds is 4. The molecule has 10 heavy (non-hydrogen) atoms. The molecule has 0 aromatic rings. The minimum absolute atomic E-state index is 0. The van der Waals surface area contributed by atoms with Crippen molar-refractivity contribution in [3.63, 3.8) is 0 Å². The van der Waals surface area contributed by atoms with Crippen LogP contribution in [0.15, 0.2) is 0 Å². The van der Waals surface area contributed by atoms with Gasteiger partial charge in [0.25, 0.3) is 0 Å². The summed E-state index contributed by atoms with van der Waals surface area (Å²) in [7, 11) is 0. The molecule has 5 heteroatoms. The summed E-state index contributed by atoms with van der Waals surface area (Å²) < 4.78 is 4.78. The normalized spacial score (nSPS) is 11.1. The van der Waals surface area contributed by atoms with Gasteiger partial charge in [-0.2, -0.15) is 0 Å².